The summed E-state index contributed by atoms with van der Waals surface area (Å²) in [5.41, 5.74) is -0.610. The maximum atomic E-state index is 13.9. The Morgan fingerprint density at radius 3 is 2.08 bits per heavy atom. The molecular formula is C16H16F2N2O4. The summed E-state index contributed by atoms with van der Waals surface area (Å²) < 4.78 is 27.4. The van der Waals surface area contributed by atoms with Crippen LogP contribution in [0, 0.1) is 23.5 Å². The molecular weight excluding hydrogens is 322 g/mol. The summed E-state index contributed by atoms with van der Waals surface area (Å²) in [7, 11) is 0. The molecule has 0 saturated heterocycles. The van der Waals surface area contributed by atoms with Crippen LogP contribution in [0.2, 0.25) is 0 Å². The summed E-state index contributed by atoms with van der Waals surface area (Å²) in [6, 6.07) is 1.49. The van der Waals surface area contributed by atoms with Crippen LogP contribution in [0.3, 0.4) is 0 Å². The average Bonchev–Trinajstić information content (AvgIpc) is 2.51. The van der Waals surface area contributed by atoms with Crippen molar-refractivity contribution in [3.05, 3.63) is 35.9 Å². The van der Waals surface area contributed by atoms with Crippen molar-refractivity contribution in [2.75, 3.05) is 10.6 Å². The van der Waals surface area contributed by atoms with Gasteiger partial charge in [0, 0.05) is 13.0 Å². The standard InChI is InChI=1S/C16H16F2N2O4/c1-8(21)19-13-7-14(12(18)6-11(13)17)20-15(22)9-4-2-3-5-10(9)16(23)24/h2-3,6-7,9-10H,4-5H2,1H3,(H,19,21)(H,20,22)(H,23,24)/t9-,10-/m0/s1. The Balaban J connectivity index is 2.23. The van der Waals surface area contributed by atoms with Crippen molar-refractivity contribution >= 4 is 29.2 Å². The number of amides is 2. The quantitative estimate of drug-likeness (QED) is 0.735. The molecule has 0 fully saturated rings. The maximum absolute atomic E-state index is 13.9. The van der Waals surface area contributed by atoms with E-state index in [9.17, 15) is 28.3 Å². The molecule has 0 heterocycles. The second kappa shape index (κ2) is 7.20. The van der Waals surface area contributed by atoms with Crippen LogP contribution in [-0.2, 0) is 14.4 Å². The molecule has 1 aliphatic carbocycles. The highest BCUT2D eigenvalue weighted by atomic mass is 19.1. The molecule has 6 nitrogen and oxygen atoms in total. The molecule has 0 aliphatic heterocycles. The first-order valence-corrected chi connectivity index (χ1v) is 7.25. The van der Waals surface area contributed by atoms with Crippen molar-refractivity contribution < 1.29 is 28.3 Å². The number of carbonyl (C=O) groups excluding carboxylic acids is 2. The normalized spacial score (nSPS) is 19.6. The third kappa shape index (κ3) is 3.95. The molecule has 3 N–H and O–H groups in total. The van der Waals surface area contributed by atoms with Crippen LogP contribution < -0.4 is 10.6 Å². The van der Waals surface area contributed by atoms with Crippen LogP contribution in [0.25, 0.3) is 0 Å². The van der Waals surface area contributed by atoms with Gasteiger partial charge in [0.05, 0.1) is 23.2 Å². The van der Waals surface area contributed by atoms with Gasteiger partial charge in [-0.25, -0.2) is 8.78 Å². The molecule has 1 aromatic carbocycles. The molecule has 0 radical (unpaired) electrons. The average molecular weight is 338 g/mol. The molecule has 0 spiro atoms. The van der Waals surface area contributed by atoms with Gasteiger partial charge >= 0.3 is 5.97 Å². The van der Waals surface area contributed by atoms with Gasteiger partial charge in [0.15, 0.2) is 0 Å². The number of hydrogen-bond acceptors (Lipinski definition) is 3. The van der Waals surface area contributed by atoms with Gasteiger partial charge in [0.25, 0.3) is 0 Å². The summed E-state index contributed by atoms with van der Waals surface area (Å²) in [6.45, 7) is 1.16. The summed E-state index contributed by atoms with van der Waals surface area (Å²) in [5, 5.41) is 13.6. The zero-order valence-electron chi connectivity index (χ0n) is 12.8. The van der Waals surface area contributed by atoms with Crippen LogP contribution in [0.4, 0.5) is 20.2 Å². The van der Waals surface area contributed by atoms with E-state index in [1.54, 1.807) is 12.2 Å². The van der Waals surface area contributed by atoms with Crippen molar-refractivity contribution in [2.24, 2.45) is 11.8 Å². The van der Waals surface area contributed by atoms with Gasteiger partial charge in [0.2, 0.25) is 11.8 Å². The lowest BCUT2D eigenvalue weighted by Crippen LogP contribution is -2.35. The Morgan fingerprint density at radius 2 is 1.54 bits per heavy atom. The third-order valence-corrected chi connectivity index (χ3v) is 3.71. The van der Waals surface area contributed by atoms with E-state index in [0.717, 1.165) is 13.0 Å². The lowest BCUT2D eigenvalue weighted by Gasteiger charge is -2.24. The first-order chi connectivity index (χ1) is 11.3. The number of nitrogens with one attached hydrogen (secondary N) is 2. The molecule has 0 aromatic heterocycles. The highest BCUT2D eigenvalue weighted by molar-refractivity contribution is 5.96. The van der Waals surface area contributed by atoms with Gasteiger partial charge in [-0.2, -0.15) is 0 Å². The van der Waals surface area contributed by atoms with Crippen molar-refractivity contribution in [3.63, 3.8) is 0 Å². The fraction of sp³-hybridized carbons (Fsp3) is 0.312. The van der Waals surface area contributed by atoms with Crippen LogP contribution >= 0.6 is 0 Å². The molecule has 2 amide bonds. The van der Waals surface area contributed by atoms with Crippen LogP contribution in [0.5, 0.6) is 0 Å². The predicted molar refractivity (Wildman–Crippen MR) is 82.3 cm³/mol. The molecule has 0 unspecified atom stereocenters. The molecule has 24 heavy (non-hydrogen) atoms. The minimum atomic E-state index is -1.11. The second-order valence-corrected chi connectivity index (χ2v) is 5.48. The number of benzene rings is 1. The molecule has 8 heteroatoms. The zero-order valence-corrected chi connectivity index (χ0v) is 12.8. The Kier molecular flexibility index (Phi) is 5.28. The zero-order chi connectivity index (χ0) is 17.9. The molecule has 1 aromatic rings. The van der Waals surface area contributed by atoms with E-state index in [1.165, 1.54) is 0 Å². The van der Waals surface area contributed by atoms with E-state index < -0.39 is 41.3 Å². The largest absolute Gasteiger partial charge is 0.481 e. The Hall–Kier alpha value is -2.77. The Morgan fingerprint density at radius 1 is 1.00 bits per heavy atom. The topological polar surface area (TPSA) is 95.5 Å². The smallest absolute Gasteiger partial charge is 0.307 e. The minimum Gasteiger partial charge on any atom is -0.481 e. The van der Waals surface area contributed by atoms with Gasteiger partial charge in [0.1, 0.15) is 11.6 Å². The van der Waals surface area contributed by atoms with Gasteiger partial charge < -0.3 is 15.7 Å². The summed E-state index contributed by atoms with van der Waals surface area (Å²) in [6.07, 6.45) is 3.78. The number of carboxylic acids is 1. The van der Waals surface area contributed by atoms with Crippen molar-refractivity contribution in [1.29, 1.82) is 0 Å². The first-order valence-electron chi connectivity index (χ1n) is 7.25. The summed E-state index contributed by atoms with van der Waals surface area (Å²) >= 11 is 0. The van der Waals surface area contributed by atoms with E-state index in [-0.39, 0.29) is 24.2 Å². The summed E-state index contributed by atoms with van der Waals surface area (Å²) in [4.78, 5) is 34.5. The number of allylic oxidation sites excluding steroid dienone is 2. The highest BCUT2D eigenvalue weighted by Gasteiger charge is 2.34. The molecule has 2 rings (SSSR count). The highest BCUT2D eigenvalue weighted by Crippen LogP contribution is 2.29. The summed E-state index contributed by atoms with van der Waals surface area (Å²) in [5.74, 6) is -6.11. The van der Waals surface area contributed by atoms with Crippen molar-refractivity contribution in [1.82, 2.24) is 0 Å². The van der Waals surface area contributed by atoms with Gasteiger partial charge in [-0.1, -0.05) is 12.2 Å². The molecule has 128 valence electrons. The number of halogens is 2. The van der Waals surface area contributed by atoms with Crippen LogP contribution in [0.15, 0.2) is 24.3 Å². The number of hydrogen-bond donors (Lipinski definition) is 3. The van der Waals surface area contributed by atoms with Crippen molar-refractivity contribution in [2.45, 2.75) is 19.8 Å². The number of carboxylic acid groups (broad SMARTS) is 1. The predicted octanol–water partition coefficient (Wildman–Crippen LogP) is 2.53. The lowest BCUT2D eigenvalue weighted by atomic mass is 9.82. The van der Waals surface area contributed by atoms with E-state index in [1.807, 2.05) is 0 Å². The fourth-order valence-electron chi connectivity index (χ4n) is 2.53. The van der Waals surface area contributed by atoms with E-state index in [4.69, 9.17) is 0 Å². The Labute approximate surface area is 136 Å². The first kappa shape index (κ1) is 17.6. The fourth-order valence-corrected chi connectivity index (χ4v) is 2.53. The monoisotopic (exact) mass is 338 g/mol. The van der Waals surface area contributed by atoms with E-state index in [0.29, 0.717) is 6.07 Å². The SMILES string of the molecule is CC(=O)Nc1cc(NC(=O)[C@H]2CC=CC[C@@H]2C(=O)O)c(F)cc1F. The third-order valence-electron chi connectivity index (χ3n) is 3.71. The van der Waals surface area contributed by atoms with Gasteiger partial charge in [-0.15, -0.1) is 0 Å². The van der Waals surface area contributed by atoms with Crippen molar-refractivity contribution in [3.8, 4) is 0 Å². The van der Waals surface area contributed by atoms with Crippen LogP contribution in [-0.4, -0.2) is 22.9 Å². The van der Waals surface area contributed by atoms with E-state index >= 15 is 0 Å². The molecule has 0 saturated carbocycles. The lowest BCUT2D eigenvalue weighted by molar-refractivity contribution is -0.146. The minimum absolute atomic E-state index is 0.205. The number of aliphatic carboxylic acids is 1. The van der Waals surface area contributed by atoms with Gasteiger partial charge in [-0.3, -0.25) is 14.4 Å². The van der Waals surface area contributed by atoms with E-state index in [2.05, 4.69) is 10.6 Å². The number of anilines is 2. The van der Waals surface area contributed by atoms with Gasteiger partial charge in [-0.05, 0) is 18.9 Å². The Bertz CT molecular complexity index is 718. The number of carbonyl (C=O) groups is 3. The maximum Gasteiger partial charge on any atom is 0.307 e. The van der Waals surface area contributed by atoms with Crippen LogP contribution in [0.1, 0.15) is 19.8 Å². The molecule has 0 bridgehead atoms. The second-order valence-electron chi connectivity index (χ2n) is 5.48. The molecule has 1 aliphatic rings. The molecule has 2 atom stereocenters. The number of rotatable bonds is 4.